The molecule has 0 radical (unpaired) electrons. The van der Waals surface area contributed by atoms with Crippen molar-refractivity contribution in [2.75, 3.05) is 13.1 Å². The number of aromatic nitrogens is 1. The van der Waals surface area contributed by atoms with Gasteiger partial charge in [-0.2, -0.15) is 0 Å². The number of carbonyl (C=O) groups is 1. The van der Waals surface area contributed by atoms with Crippen molar-refractivity contribution in [3.05, 3.63) is 52.7 Å². The molecule has 1 aliphatic rings. The second kappa shape index (κ2) is 7.78. The maximum absolute atomic E-state index is 12.9. The molecular formula is C19H24FN3O2. The number of aryl methyl sites for hydroxylation is 2. The highest BCUT2D eigenvalue weighted by atomic mass is 19.1. The molecule has 0 spiro atoms. The molecular weight excluding hydrogens is 321 g/mol. The van der Waals surface area contributed by atoms with Gasteiger partial charge in [-0.1, -0.05) is 17.3 Å². The predicted octanol–water partition coefficient (Wildman–Crippen LogP) is 2.75. The van der Waals surface area contributed by atoms with Crippen LogP contribution >= 0.6 is 0 Å². The molecule has 0 saturated carbocycles. The highest BCUT2D eigenvalue weighted by Crippen LogP contribution is 2.18. The Morgan fingerprint density at radius 1 is 1.28 bits per heavy atom. The zero-order valence-corrected chi connectivity index (χ0v) is 14.7. The van der Waals surface area contributed by atoms with Crippen molar-refractivity contribution >= 4 is 5.91 Å². The third-order valence-corrected chi connectivity index (χ3v) is 4.79. The highest BCUT2D eigenvalue weighted by molar-refractivity contribution is 5.78. The number of amides is 1. The summed E-state index contributed by atoms with van der Waals surface area (Å²) in [6.45, 7) is 6.63. The molecule has 5 nitrogen and oxygen atoms in total. The summed E-state index contributed by atoms with van der Waals surface area (Å²) in [6.07, 6.45) is 2.15. The zero-order chi connectivity index (χ0) is 17.8. The number of carbonyl (C=O) groups excluding carboxylic acids is 1. The Kier molecular flexibility index (Phi) is 5.48. The Bertz CT molecular complexity index is 699. The standard InChI is InChI=1S/C19H24FN3O2/c1-13-18(14(2)25-22-13)12-23-9-7-17(8-10-23)21-19(24)11-15-3-5-16(20)6-4-15/h3-6,17H,7-12H2,1-2H3,(H,21,24). The Hall–Kier alpha value is -2.21. The van der Waals surface area contributed by atoms with Crippen molar-refractivity contribution < 1.29 is 13.7 Å². The van der Waals surface area contributed by atoms with E-state index in [-0.39, 0.29) is 17.8 Å². The molecule has 6 heteroatoms. The van der Waals surface area contributed by atoms with Crippen molar-refractivity contribution in [1.29, 1.82) is 0 Å². The number of benzene rings is 1. The molecule has 1 N–H and O–H groups in total. The minimum Gasteiger partial charge on any atom is -0.361 e. The van der Waals surface area contributed by atoms with Gasteiger partial charge in [0.2, 0.25) is 5.91 Å². The van der Waals surface area contributed by atoms with Crippen LogP contribution in [-0.4, -0.2) is 35.1 Å². The summed E-state index contributed by atoms with van der Waals surface area (Å²) in [5, 5.41) is 7.09. The number of rotatable bonds is 5. The van der Waals surface area contributed by atoms with E-state index in [2.05, 4.69) is 15.4 Å². The van der Waals surface area contributed by atoms with Crippen LogP contribution in [0.2, 0.25) is 0 Å². The van der Waals surface area contributed by atoms with Gasteiger partial charge >= 0.3 is 0 Å². The van der Waals surface area contributed by atoms with Crippen LogP contribution in [0.15, 0.2) is 28.8 Å². The first-order valence-corrected chi connectivity index (χ1v) is 8.69. The van der Waals surface area contributed by atoms with Gasteiger partial charge in [-0.15, -0.1) is 0 Å². The molecule has 1 aromatic heterocycles. The van der Waals surface area contributed by atoms with Crippen LogP contribution in [0.4, 0.5) is 4.39 Å². The summed E-state index contributed by atoms with van der Waals surface area (Å²) < 4.78 is 18.1. The predicted molar refractivity (Wildman–Crippen MR) is 92.5 cm³/mol. The summed E-state index contributed by atoms with van der Waals surface area (Å²) in [7, 11) is 0. The molecule has 0 atom stereocenters. The first-order valence-electron chi connectivity index (χ1n) is 8.69. The van der Waals surface area contributed by atoms with E-state index in [1.807, 2.05) is 13.8 Å². The van der Waals surface area contributed by atoms with Gasteiger partial charge in [-0.05, 0) is 44.4 Å². The summed E-state index contributed by atoms with van der Waals surface area (Å²) in [5.74, 6) is 0.595. The molecule has 1 aromatic carbocycles. The second-order valence-corrected chi connectivity index (χ2v) is 6.72. The molecule has 1 aliphatic heterocycles. The molecule has 1 saturated heterocycles. The van der Waals surface area contributed by atoms with Crippen molar-refractivity contribution in [3.63, 3.8) is 0 Å². The molecule has 3 rings (SSSR count). The molecule has 134 valence electrons. The summed E-state index contributed by atoms with van der Waals surface area (Å²) in [6, 6.07) is 6.28. The fourth-order valence-electron chi connectivity index (χ4n) is 3.25. The fourth-order valence-corrected chi connectivity index (χ4v) is 3.25. The number of nitrogens with zero attached hydrogens (tertiary/aromatic N) is 2. The van der Waals surface area contributed by atoms with Crippen molar-refractivity contribution in [2.45, 2.75) is 45.7 Å². The Labute approximate surface area is 147 Å². The van der Waals surface area contributed by atoms with Gasteiger partial charge in [-0.3, -0.25) is 9.69 Å². The van der Waals surface area contributed by atoms with Crippen LogP contribution in [0.3, 0.4) is 0 Å². The highest BCUT2D eigenvalue weighted by Gasteiger charge is 2.22. The lowest BCUT2D eigenvalue weighted by atomic mass is 10.0. The van der Waals surface area contributed by atoms with Crippen LogP contribution < -0.4 is 5.32 Å². The van der Waals surface area contributed by atoms with Gasteiger partial charge in [0, 0.05) is 31.2 Å². The Morgan fingerprint density at radius 3 is 2.56 bits per heavy atom. The maximum atomic E-state index is 12.9. The van der Waals surface area contributed by atoms with E-state index in [1.165, 1.54) is 17.7 Å². The number of hydrogen-bond acceptors (Lipinski definition) is 4. The van der Waals surface area contributed by atoms with Gasteiger partial charge in [0.05, 0.1) is 12.1 Å². The Balaban J connectivity index is 1.44. The fraction of sp³-hybridized carbons (Fsp3) is 0.474. The summed E-state index contributed by atoms with van der Waals surface area (Å²) in [5.41, 5.74) is 2.95. The number of likely N-dealkylation sites (tertiary alicyclic amines) is 1. The normalized spacial score (nSPS) is 16.1. The molecule has 2 heterocycles. The minimum absolute atomic E-state index is 0.00391. The summed E-state index contributed by atoms with van der Waals surface area (Å²) in [4.78, 5) is 14.5. The Morgan fingerprint density at radius 2 is 1.96 bits per heavy atom. The number of nitrogens with one attached hydrogen (secondary N) is 1. The lowest BCUT2D eigenvalue weighted by molar-refractivity contribution is -0.121. The maximum Gasteiger partial charge on any atom is 0.224 e. The van der Waals surface area contributed by atoms with E-state index in [1.54, 1.807) is 12.1 Å². The van der Waals surface area contributed by atoms with Gasteiger partial charge < -0.3 is 9.84 Å². The third-order valence-electron chi connectivity index (χ3n) is 4.79. The largest absolute Gasteiger partial charge is 0.361 e. The number of piperidine rings is 1. The van der Waals surface area contributed by atoms with Crippen LogP contribution in [0.25, 0.3) is 0 Å². The van der Waals surface area contributed by atoms with E-state index in [0.717, 1.165) is 49.5 Å². The molecule has 1 amide bonds. The first kappa shape index (κ1) is 17.6. The SMILES string of the molecule is Cc1noc(C)c1CN1CCC(NC(=O)Cc2ccc(F)cc2)CC1. The second-order valence-electron chi connectivity index (χ2n) is 6.72. The van der Waals surface area contributed by atoms with E-state index in [4.69, 9.17) is 4.52 Å². The lowest BCUT2D eigenvalue weighted by Gasteiger charge is -2.32. The molecule has 25 heavy (non-hydrogen) atoms. The average molecular weight is 345 g/mol. The molecule has 2 aromatic rings. The van der Waals surface area contributed by atoms with Gasteiger partial charge in [0.15, 0.2) is 0 Å². The lowest BCUT2D eigenvalue weighted by Crippen LogP contribution is -2.44. The van der Waals surface area contributed by atoms with E-state index in [9.17, 15) is 9.18 Å². The monoisotopic (exact) mass is 345 g/mol. The van der Waals surface area contributed by atoms with Crippen molar-refractivity contribution in [2.24, 2.45) is 0 Å². The van der Waals surface area contributed by atoms with E-state index in [0.29, 0.717) is 6.42 Å². The van der Waals surface area contributed by atoms with Crippen molar-refractivity contribution in [3.8, 4) is 0 Å². The molecule has 0 unspecified atom stereocenters. The van der Waals surface area contributed by atoms with Crippen LogP contribution in [0, 0.1) is 19.7 Å². The van der Waals surface area contributed by atoms with E-state index < -0.39 is 0 Å². The van der Waals surface area contributed by atoms with Crippen molar-refractivity contribution in [1.82, 2.24) is 15.4 Å². The third kappa shape index (κ3) is 4.66. The van der Waals surface area contributed by atoms with Crippen LogP contribution in [0.5, 0.6) is 0 Å². The average Bonchev–Trinajstić information content (AvgIpc) is 2.90. The minimum atomic E-state index is -0.283. The molecule has 0 bridgehead atoms. The molecule has 0 aliphatic carbocycles. The van der Waals surface area contributed by atoms with Crippen LogP contribution in [0.1, 0.15) is 35.4 Å². The topological polar surface area (TPSA) is 58.4 Å². The van der Waals surface area contributed by atoms with Gasteiger partial charge in [0.25, 0.3) is 0 Å². The number of halogens is 1. The molecule has 1 fully saturated rings. The zero-order valence-electron chi connectivity index (χ0n) is 14.7. The van der Waals surface area contributed by atoms with Gasteiger partial charge in [0.1, 0.15) is 11.6 Å². The van der Waals surface area contributed by atoms with Crippen LogP contribution in [-0.2, 0) is 17.8 Å². The number of hydrogen-bond donors (Lipinski definition) is 1. The van der Waals surface area contributed by atoms with E-state index >= 15 is 0 Å². The quantitative estimate of drug-likeness (QED) is 0.905. The van der Waals surface area contributed by atoms with Gasteiger partial charge in [-0.25, -0.2) is 4.39 Å². The smallest absolute Gasteiger partial charge is 0.224 e. The first-order chi connectivity index (χ1) is 12.0. The summed E-state index contributed by atoms with van der Waals surface area (Å²) >= 11 is 0.